The van der Waals surface area contributed by atoms with E-state index < -0.39 is 0 Å². The molecule has 2 aromatic rings. The highest BCUT2D eigenvalue weighted by molar-refractivity contribution is 5.54. The highest BCUT2D eigenvalue weighted by atomic mass is 16.5. The molecule has 1 aliphatic heterocycles. The Labute approximate surface area is 117 Å². The standard InChI is InChI=1S/C13H20N6O/c1-9-10(7-15-18(9)2)13-16-12(17-20-13)11(14)8-19-5-3-4-6-19/h7,11H,3-6,8,14H2,1-2H3. The van der Waals surface area contributed by atoms with Crippen LogP contribution in [0.4, 0.5) is 0 Å². The normalized spacial score (nSPS) is 17.8. The Hall–Kier alpha value is -1.73. The van der Waals surface area contributed by atoms with Crippen molar-refractivity contribution in [3.8, 4) is 11.5 Å². The summed E-state index contributed by atoms with van der Waals surface area (Å²) < 4.78 is 7.10. The van der Waals surface area contributed by atoms with Gasteiger partial charge in [-0.2, -0.15) is 10.1 Å². The molecule has 7 heteroatoms. The van der Waals surface area contributed by atoms with Gasteiger partial charge in [-0.1, -0.05) is 5.16 Å². The SMILES string of the molecule is Cc1c(-c2nc(C(N)CN3CCCC3)no2)cnn1C. The van der Waals surface area contributed by atoms with Crippen LogP contribution in [0.3, 0.4) is 0 Å². The molecule has 1 fully saturated rings. The lowest BCUT2D eigenvalue weighted by Crippen LogP contribution is -2.30. The van der Waals surface area contributed by atoms with E-state index in [1.54, 1.807) is 10.9 Å². The van der Waals surface area contributed by atoms with E-state index in [9.17, 15) is 0 Å². The Morgan fingerprint density at radius 3 is 2.80 bits per heavy atom. The zero-order chi connectivity index (χ0) is 14.1. The van der Waals surface area contributed by atoms with Crippen molar-refractivity contribution in [2.45, 2.75) is 25.8 Å². The van der Waals surface area contributed by atoms with Gasteiger partial charge in [0.1, 0.15) is 0 Å². The minimum absolute atomic E-state index is 0.206. The quantitative estimate of drug-likeness (QED) is 0.892. The molecule has 2 aromatic heterocycles. The lowest BCUT2D eigenvalue weighted by molar-refractivity contribution is 0.306. The molecule has 0 bridgehead atoms. The second-order valence-corrected chi connectivity index (χ2v) is 5.34. The number of aromatic nitrogens is 4. The first-order valence-electron chi connectivity index (χ1n) is 6.95. The smallest absolute Gasteiger partial charge is 0.261 e. The van der Waals surface area contributed by atoms with Crippen LogP contribution in [-0.4, -0.2) is 44.5 Å². The third-order valence-corrected chi connectivity index (χ3v) is 3.89. The molecule has 108 valence electrons. The second kappa shape index (κ2) is 5.34. The van der Waals surface area contributed by atoms with Crippen LogP contribution in [0.15, 0.2) is 10.7 Å². The first kappa shape index (κ1) is 13.3. The van der Waals surface area contributed by atoms with E-state index in [-0.39, 0.29) is 6.04 Å². The molecule has 0 aliphatic carbocycles. The van der Waals surface area contributed by atoms with Gasteiger partial charge in [0, 0.05) is 19.3 Å². The van der Waals surface area contributed by atoms with Crippen LogP contribution in [0.2, 0.25) is 0 Å². The number of nitrogens with two attached hydrogens (primary N) is 1. The van der Waals surface area contributed by atoms with Crippen LogP contribution < -0.4 is 5.73 Å². The van der Waals surface area contributed by atoms with E-state index in [1.807, 2.05) is 14.0 Å². The maximum atomic E-state index is 6.16. The number of aryl methyl sites for hydroxylation is 1. The summed E-state index contributed by atoms with van der Waals surface area (Å²) in [5.41, 5.74) is 8.02. The molecule has 7 nitrogen and oxygen atoms in total. The first-order chi connectivity index (χ1) is 9.65. The van der Waals surface area contributed by atoms with Crippen molar-refractivity contribution in [1.29, 1.82) is 0 Å². The summed E-state index contributed by atoms with van der Waals surface area (Å²) >= 11 is 0. The molecule has 1 unspecified atom stereocenters. The van der Waals surface area contributed by atoms with E-state index >= 15 is 0 Å². The third-order valence-electron chi connectivity index (χ3n) is 3.89. The largest absolute Gasteiger partial charge is 0.334 e. The van der Waals surface area contributed by atoms with Gasteiger partial charge >= 0.3 is 0 Å². The molecule has 1 atom stereocenters. The molecule has 2 N–H and O–H groups in total. The van der Waals surface area contributed by atoms with E-state index in [0.717, 1.165) is 30.9 Å². The maximum Gasteiger partial charge on any atom is 0.261 e. The Bertz CT molecular complexity index is 583. The highest BCUT2D eigenvalue weighted by Crippen LogP contribution is 2.22. The molecule has 20 heavy (non-hydrogen) atoms. The highest BCUT2D eigenvalue weighted by Gasteiger charge is 2.21. The summed E-state index contributed by atoms with van der Waals surface area (Å²) in [7, 11) is 1.88. The Morgan fingerprint density at radius 1 is 1.40 bits per heavy atom. The van der Waals surface area contributed by atoms with Gasteiger partial charge in [-0.3, -0.25) is 4.68 Å². The van der Waals surface area contributed by atoms with Gasteiger partial charge < -0.3 is 15.2 Å². The average molecular weight is 276 g/mol. The topological polar surface area (TPSA) is 86.0 Å². The molecular formula is C13H20N6O. The fourth-order valence-corrected chi connectivity index (χ4v) is 2.53. The van der Waals surface area contributed by atoms with Crippen molar-refractivity contribution in [2.75, 3.05) is 19.6 Å². The number of rotatable bonds is 4. The lowest BCUT2D eigenvalue weighted by atomic mass is 10.2. The Balaban J connectivity index is 1.74. The fourth-order valence-electron chi connectivity index (χ4n) is 2.53. The molecule has 3 rings (SSSR count). The van der Waals surface area contributed by atoms with E-state index in [2.05, 4.69) is 20.1 Å². The summed E-state index contributed by atoms with van der Waals surface area (Å²) in [4.78, 5) is 6.76. The predicted octanol–water partition coefficient (Wildman–Crippen LogP) is 0.874. The van der Waals surface area contributed by atoms with E-state index in [4.69, 9.17) is 10.3 Å². The molecule has 3 heterocycles. The maximum absolute atomic E-state index is 6.16. The van der Waals surface area contributed by atoms with Crippen molar-refractivity contribution in [1.82, 2.24) is 24.8 Å². The van der Waals surface area contributed by atoms with Gasteiger partial charge in [-0.15, -0.1) is 0 Å². The monoisotopic (exact) mass is 276 g/mol. The predicted molar refractivity (Wildman–Crippen MR) is 73.8 cm³/mol. The molecule has 0 amide bonds. The lowest BCUT2D eigenvalue weighted by Gasteiger charge is -2.17. The number of nitrogens with zero attached hydrogens (tertiary/aromatic N) is 5. The molecule has 1 saturated heterocycles. The van der Waals surface area contributed by atoms with Crippen LogP contribution in [0.1, 0.15) is 30.4 Å². The van der Waals surface area contributed by atoms with Crippen molar-refractivity contribution < 1.29 is 4.52 Å². The number of hydrogen-bond donors (Lipinski definition) is 1. The van der Waals surface area contributed by atoms with Crippen LogP contribution >= 0.6 is 0 Å². The van der Waals surface area contributed by atoms with Crippen LogP contribution in [0.25, 0.3) is 11.5 Å². The van der Waals surface area contributed by atoms with Crippen molar-refractivity contribution >= 4 is 0 Å². The van der Waals surface area contributed by atoms with Gasteiger partial charge in [0.2, 0.25) is 0 Å². The summed E-state index contributed by atoms with van der Waals surface area (Å²) in [6, 6.07) is -0.206. The van der Waals surface area contributed by atoms with Gasteiger partial charge in [0.05, 0.1) is 17.8 Å². The van der Waals surface area contributed by atoms with E-state index in [1.165, 1.54) is 12.8 Å². The molecular weight excluding hydrogens is 256 g/mol. The Morgan fingerprint density at radius 2 is 2.15 bits per heavy atom. The summed E-state index contributed by atoms with van der Waals surface area (Å²) in [6.07, 6.45) is 4.23. The van der Waals surface area contributed by atoms with Gasteiger partial charge in [0.15, 0.2) is 5.82 Å². The fraction of sp³-hybridized carbons (Fsp3) is 0.615. The first-order valence-corrected chi connectivity index (χ1v) is 6.95. The van der Waals surface area contributed by atoms with Crippen molar-refractivity contribution in [2.24, 2.45) is 12.8 Å². The van der Waals surface area contributed by atoms with Gasteiger partial charge in [-0.05, 0) is 32.9 Å². The van der Waals surface area contributed by atoms with Crippen LogP contribution in [0.5, 0.6) is 0 Å². The summed E-state index contributed by atoms with van der Waals surface area (Å²) in [6.45, 7) is 4.97. The second-order valence-electron chi connectivity index (χ2n) is 5.34. The van der Waals surface area contributed by atoms with Gasteiger partial charge in [-0.25, -0.2) is 0 Å². The minimum atomic E-state index is -0.206. The van der Waals surface area contributed by atoms with Crippen molar-refractivity contribution in [3.63, 3.8) is 0 Å². The summed E-state index contributed by atoms with van der Waals surface area (Å²) in [5.74, 6) is 1.05. The minimum Gasteiger partial charge on any atom is -0.334 e. The zero-order valence-corrected chi connectivity index (χ0v) is 11.9. The number of hydrogen-bond acceptors (Lipinski definition) is 6. The molecule has 0 radical (unpaired) electrons. The van der Waals surface area contributed by atoms with Crippen molar-refractivity contribution in [3.05, 3.63) is 17.7 Å². The zero-order valence-electron chi connectivity index (χ0n) is 11.9. The van der Waals surface area contributed by atoms with Gasteiger partial charge in [0.25, 0.3) is 5.89 Å². The summed E-state index contributed by atoms with van der Waals surface area (Å²) in [5, 5.41) is 8.19. The molecule has 1 aliphatic rings. The molecule has 0 saturated carbocycles. The number of likely N-dealkylation sites (tertiary alicyclic amines) is 1. The average Bonchev–Trinajstić information content (AvgIpc) is 3.13. The Kier molecular flexibility index (Phi) is 3.54. The van der Waals surface area contributed by atoms with Crippen LogP contribution in [-0.2, 0) is 7.05 Å². The van der Waals surface area contributed by atoms with E-state index in [0.29, 0.717) is 11.7 Å². The molecule has 0 spiro atoms. The van der Waals surface area contributed by atoms with Crippen LogP contribution in [0, 0.1) is 6.92 Å². The third kappa shape index (κ3) is 2.46. The molecule has 0 aromatic carbocycles.